The average Bonchev–Trinajstić information content (AvgIpc) is 2.17. The minimum Gasteiger partial charge on any atom is -0.496 e. The molecule has 1 aromatic rings. The van der Waals surface area contributed by atoms with Gasteiger partial charge < -0.3 is 15.6 Å². The standard InChI is InChI=1S/C11H17NO2/c1-8-5-4-6-9(10(8)14-3)11(2,13)7-12/h4-6,13H,7,12H2,1-3H3. The Morgan fingerprint density at radius 1 is 1.50 bits per heavy atom. The highest BCUT2D eigenvalue weighted by atomic mass is 16.5. The summed E-state index contributed by atoms with van der Waals surface area (Å²) in [6.07, 6.45) is 0. The van der Waals surface area contributed by atoms with Crippen LogP contribution in [0.25, 0.3) is 0 Å². The molecule has 0 saturated carbocycles. The molecular formula is C11H17NO2. The van der Waals surface area contributed by atoms with Gasteiger partial charge in [0, 0.05) is 12.1 Å². The second-order valence-corrected chi connectivity index (χ2v) is 3.63. The number of methoxy groups -OCH3 is 1. The van der Waals surface area contributed by atoms with Crippen molar-refractivity contribution in [2.24, 2.45) is 5.73 Å². The first-order chi connectivity index (χ1) is 6.53. The first kappa shape index (κ1) is 11.0. The maximum absolute atomic E-state index is 10.0. The summed E-state index contributed by atoms with van der Waals surface area (Å²) < 4.78 is 5.25. The van der Waals surface area contributed by atoms with Crippen LogP contribution < -0.4 is 10.5 Å². The Bertz CT molecular complexity index is 321. The van der Waals surface area contributed by atoms with Gasteiger partial charge in [0.2, 0.25) is 0 Å². The zero-order valence-electron chi connectivity index (χ0n) is 8.87. The van der Waals surface area contributed by atoms with E-state index < -0.39 is 5.60 Å². The summed E-state index contributed by atoms with van der Waals surface area (Å²) in [5.74, 6) is 0.711. The molecule has 0 spiro atoms. The number of para-hydroxylation sites is 1. The van der Waals surface area contributed by atoms with Crippen molar-refractivity contribution < 1.29 is 9.84 Å². The molecule has 3 nitrogen and oxygen atoms in total. The molecule has 3 heteroatoms. The summed E-state index contributed by atoms with van der Waals surface area (Å²) in [5, 5.41) is 10.0. The van der Waals surface area contributed by atoms with E-state index in [0.717, 1.165) is 11.1 Å². The normalized spacial score (nSPS) is 14.9. The van der Waals surface area contributed by atoms with Crippen molar-refractivity contribution in [2.75, 3.05) is 13.7 Å². The lowest BCUT2D eigenvalue weighted by molar-refractivity contribution is 0.0639. The Balaban J connectivity index is 3.27. The van der Waals surface area contributed by atoms with Crippen molar-refractivity contribution in [3.63, 3.8) is 0 Å². The van der Waals surface area contributed by atoms with Crippen LogP contribution in [0.5, 0.6) is 5.75 Å². The van der Waals surface area contributed by atoms with Crippen molar-refractivity contribution >= 4 is 0 Å². The average molecular weight is 195 g/mol. The van der Waals surface area contributed by atoms with Crippen molar-refractivity contribution in [1.29, 1.82) is 0 Å². The lowest BCUT2D eigenvalue weighted by atomic mass is 9.93. The molecule has 3 N–H and O–H groups in total. The first-order valence-electron chi connectivity index (χ1n) is 4.59. The van der Waals surface area contributed by atoms with Crippen LogP contribution in [0.3, 0.4) is 0 Å². The summed E-state index contributed by atoms with van der Waals surface area (Å²) in [6.45, 7) is 3.80. The second-order valence-electron chi connectivity index (χ2n) is 3.63. The van der Waals surface area contributed by atoms with E-state index in [1.807, 2.05) is 25.1 Å². The highest BCUT2D eigenvalue weighted by Crippen LogP contribution is 2.31. The van der Waals surface area contributed by atoms with Gasteiger partial charge in [0.15, 0.2) is 0 Å². The molecule has 0 radical (unpaired) electrons. The van der Waals surface area contributed by atoms with Crippen molar-refractivity contribution in [3.05, 3.63) is 29.3 Å². The fraction of sp³-hybridized carbons (Fsp3) is 0.455. The van der Waals surface area contributed by atoms with Crippen LogP contribution in [0.2, 0.25) is 0 Å². The van der Waals surface area contributed by atoms with Gasteiger partial charge in [0.1, 0.15) is 11.4 Å². The van der Waals surface area contributed by atoms with Gasteiger partial charge in [0.05, 0.1) is 7.11 Å². The van der Waals surface area contributed by atoms with Crippen LogP contribution >= 0.6 is 0 Å². The molecule has 0 aliphatic rings. The molecule has 1 atom stereocenters. The third-order valence-corrected chi connectivity index (χ3v) is 2.39. The van der Waals surface area contributed by atoms with Gasteiger partial charge in [-0.1, -0.05) is 18.2 Å². The number of rotatable bonds is 3. The van der Waals surface area contributed by atoms with Crippen molar-refractivity contribution in [2.45, 2.75) is 19.4 Å². The molecule has 0 aliphatic heterocycles. The summed E-state index contributed by atoms with van der Waals surface area (Å²) >= 11 is 0. The van der Waals surface area contributed by atoms with Gasteiger partial charge >= 0.3 is 0 Å². The van der Waals surface area contributed by atoms with E-state index >= 15 is 0 Å². The van der Waals surface area contributed by atoms with E-state index in [2.05, 4.69) is 0 Å². The number of ether oxygens (including phenoxy) is 1. The van der Waals surface area contributed by atoms with Crippen LogP contribution in [0.15, 0.2) is 18.2 Å². The first-order valence-corrected chi connectivity index (χ1v) is 4.59. The van der Waals surface area contributed by atoms with E-state index in [-0.39, 0.29) is 6.54 Å². The topological polar surface area (TPSA) is 55.5 Å². The van der Waals surface area contributed by atoms with Crippen LogP contribution in [0, 0.1) is 6.92 Å². The van der Waals surface area contributed by atoms with Crippen LogP contribution in [-0.2, 0) is 5.60 Å². The Morgan fingerprint density at radius 2 is 2.14 bits per heavy atom. The molecule has 0 heterocycles. The van der Waals surface area contributed by atoms with Gasteiger partial charge in [-0.3, -0.25) is 0 Å². The number of hydrogen-bond acceptors (Lipinski definition) is 3. The Labute approximate surface area is 84.5 Å². The Hall–Kier alpha value is -1.06. The third-order valence-electron chi connectivity index (χ3n) is 2.39. The van der Waals surface area contributed by atoms with Gasteiger partial charge in [0.25, 0.3) is 0 Å². The maximum Gasteiger partial charge on any atom is 0.127 e. The molecule has 14 heavy (non-hydrogen) atoms. The number of aliphatic hydroxyl groups is 1. The minimum absolute atomic E-state index is 0.173. The molecule has 0 saturated heterocycles. The Kier molecular flexibility index (Phi) is 3.13. The summed E-state index contributed by atoms with van der Waals surface area (Å²) in [4.78, 5) is 0. The number of aryl methyl sites for hydroxylation is 1. The molecule has 0 amide bonds. The summed E-state index contributed by atoms with van der Waals surface area (Å²) in [5.41, 5.74) is 6.21. The summed E-state index contributed by atoms with van der Waals surface area (Å²) in [6, 6.07) is 5.66. The third kappa shape index (κ3) is 1.89. The highest BCUT2D eigenvalue weighted by Gasteiger charge is 2.25. The van der Waals surface area contributed by atoms with Gasteiger partial charge in [-0.05, 0) is 19.4 Å². The van der Waals surface area contributed by atoms with Crippen LogP contribution in [0.1, 0.15) is 18.1 Å². The van der Waals surface area contributed by atoms with E-state index in [1.165, 1.54) is 0 Å². The van der Waals surface area contributed by atoms with Crippen LogP contribution in [0.4, 0.5) is 0 Å². The molecule has 0 fully saturated rings. The highest BCUT2D eigenvalue weighted by molar-refractivity contribution is 5.43. The number of nitrogens with two attached hydrogens (primary N) is 1. The predicted octanol–water partition coefficient (Wildman–Crippen LogP) is 1.17. The quantitative estimate of drug-likeness (QED) is 0.761. The van der Waals surface area contributed by atoms with E-state index in [4.69, 9.17) is 10.5 Å². The predicted molar refractivity (Wildman–Crippen MR) is 56.4 cm³/mol. The molecule has 1 aromatic carbocycles. The molecule has 0 aliphatic carbocycles. The van der Waals surface area contributed by atoms with Crippen molar-refractivity contribution in [1.82, 2.24) is 0 Å². The fourth-order valence-corrected chi connectivity index (χ4v) is 1.46. The molecule has 78 valence electrons. The molecule has 1 unspecified atom stereocenters. The SMILES string of the molecule is COc1c(C)cccc1C(C)(O)CN. The zero-order valence-corrected chi connectivity index (χ0v) is 8.87. The lowest BCUT2D eigenvalue weighted by Gasteiger charge is -2.24. The van der Waals surface area contributed by atoms with Gasteiger partial charge in [-0.15, -0.1) is 0 Å². The van der Waals surface area contributed by atoms with Crippen LogP contribution in [-0.4, -0.2) is 18.8 Å². The molecule has 1 rings (SSSR count). The molecular weight excluding hydrogens is 178 g/mol. The molecule has 0 bridgehead atoms. The smallest absolute Gasteiger partial charge is 0.127 e. The maximum atomic E-state index is 10.0. The number of hydrogen-bond donors (Lipinski definition) is 2. The number of benzene rings is 1. The van der Waals surface area contributed by atoms with Gasteiger partial charge in [-0.2, -0.15) is 0 Å². The Morgan fingerprint density at radius 3 is 2.64 bits per heavy atom. The fourth-order valence-electron chi connectivity index (χ4n) is 1.46. The van der Waals surface area contributed by atoms with Crippen molar-refractivity contribution in [3.8, 4) is 5.75 Å². The largest absolute Gasteiger partial charge is 0.496 e. The monoisotopic (exact) mass is 195 g/mol. The second kappa shape index (κ2) is 3.98. The van der Waals surface area contributed by atoms with Gasteiger partial charge in [-0.25, -0.2) is 0 Å². The van der Waals surface area contributed by atoms with E-state index in [9.17, 15) is 5.11 Å². The molecule has 0 aromatic heterocycles. The lowest BCUT2D eigenvalue weighted by Crippen LogP contribution is -2.31. The zero-order chi connectivity index (χ0) is 10.8. The van der Waals surface area contributed by atoms with E-state index in [0.29, 0.717) is 5.75 Å². The van der Waals surface area contributed by atoms with E-state index in [1.54, 1.807) is 14.0 Å². The summed E-state index contributed by atoms with van der Waals surface area (Å²) in [7, 11) is 1.60. The minimum atomic E-state index is -1.03.